The van der Waals surface area contributed by atoms with Gasteiger partial charge in [0.2, 0.25) is 6.29 Å². The van der Waals surface area contributed by atoms with E-state index >= 15 is 0 Å². The molecule has 10 saturated heterocycles. The molecule has 0 aromatic heterocycles. The van der Waals surface area contributed by atoms with Crippen LogP contribution < -0.4 is 0 Å². The predicted octanol–water partition coefficient (Wildman–Crippen LogP) is 4.00. The normalized spacial score (nSPS) is 91.2. The van der Waals surface area contributed by atoms with Crippen LogP contribution in [0.2, 0.25) is 48.2 Å². The van der Waals surface area contributed by atoms with Crippen LogP contribution in [-0.4, -0.2) is 18.7 Å². The van der Waals surface area contributed by atoms with Crippen LogP contribution in [0.15, 0.2) is 12.2 Å². The Morgan fingerprint density at radius 3 is 1.55 bits per heavy atom. The fourth-order valence-corrected chi connectivity index (χ4v) is 88.4. The van der Waals surface area contributed by atoms with Crippen LogP contribution in [0.4, 0.5) is 0 Å². The molecule has 0 saturated carbocycles. The van der Waals surface area contributed by atoms with E-state index in [1.165, 1.54) is 13.8 Å². The summed E-state index contributed by atoms with van der Waals surface area (Å²) < 4.78 is 8.86. The fraction of sp³-hybridized carbons (Fsp3) is 0.765. The number of hydrogen-bond donors (Lipinski definition) is 0. The quantitative estimate of drug-likeness (QED) is 0.254. The summed E-state index contributed by atoms with van der Waals surface area (Å²) in [5.41, 5.74) is 0.270. The molecule has 0 aromatic rings. The predicted molar refractivity (Wildman–Crippen MR) is 75.0 cm³/mol. The molecule has 10 fully saturated rings. The van der Waals surface area contributed by atoms with Crippen molar-refractivity contribution in [2.45, 2.75) is 68.3 Å². The van der Waals surface area contributed by atoms with Gasteiger partial charge in [0.1, 0.15) is 0 Å². The van der Waals surface area contributed by atoms with E-state index in [2.05, 4.69) is 16.1 Å². The summed E-state index contributed by atoms with van der Waals surface area (Å²) in [6, 6.07) is 0. The van der Waals surface area contributed by atoms with E-state index in [1.54, 1.807) is 48.2 Å². The Morgan fingerprint density at radius 1 is 1.00 bits per heavy atom. The zero-order chi connectivity index (χ0) is 14.9. The first kappa shape index (κ1) is 10.1. The van der Waals surface area contributed by atoms with Crippen molar-refractivity contribution >= 4 is 12.4 Å². The molecular formula is C17H20FeO4. The topological polar surface area (TPSA) is 52.6 Å². The standard InChI is InChI=1S/C7H10O4.2C5H5.Fe/c1-5(2)7(9)11-6(3)10-4-8;2*1-2-4-5-3-1;/h4,6H,1H2,2-3H3;2*1-5H;. The van der Waals surface area contributed by atoms with E-state index in [9.17, 15) is 9.59 Å². The van der Waals surface area contributed by atoms with E-state index in [-0.39, 0.29) is 12.0 Å². The van der Waals surface area contributed by atoms with Gasteiger partial charge < -0.3 is 9.47 Å². The second-order valence-corrected chi connectivity index (χ2v) is 35.5. The Labute approximate surface area is 118 Å². The van der Waals surface area contributed by atoms with Crippen LogP contribution in [0.1, 0.15) is 13.8 Å². The van der Waals surface area contributed by atoms with E-state index in [4.69, 9.17) is 0 Å². The minimum atomic E-state index is -2.28. The monoisotopic (exact) mass is 344 g/mol. The zero-order valence-corrected chi connectivity index (χ0v) is 13.7. The van der Waals surface area contributed by atoms with Crippen molar-refractivity contribution in [1.29, 1.82) is 0 Å². The Kier molecular flexibility index (Phi) is 0.462. The van der Waals surface area contributed by atoms with E-state index in [1.807, 2.05) is 0 Å². The molecule has 10 aliphatic heterocycles. The molecule has 10 aliphatic rings. The maximum atomic E-state index is 10.7. The third-order valence-corrected chi connectivity index (χ3v) is 57.3. The van der Waals surface area contributed by atoms with Gasteiger partial charge >= 0.3 is 60.6 Å². The molecule has 22 heavy (non-hydrogen) atoms. The molecule has 1 atom stereocenters. The van der Waals surface area contributed by atoms with Gasteiger partial charge in [0.15, 0.2) is 0 Å². The zero-order valence-electron chi connectivity index (χ0n) is 12.6. The van der Waals surface area contributed by atoms with E-state index in [0.717, 1.165) is 0 Å². The molecule has 0 aromatic carbocycles. The molecule has 0 bridgehead atoms. The fourth-order valence-electron chi connectivity index (χ4n) is 16.2. The second kappa shape index (κ2) is 1.00. The van der Waals surface area contributed by atoms with Crippen LogP contribution in [0.5, 0.6) is 0 Å². The Bertz CT molecular complexity index is 892. The molecule has 0 amide bonds. The number of rotatable bonds is 4. The first-order chi connectivity index (χ1) is 10.2. The number of esters is 1. The summed E-state index contributed by atoms with van der Waals surface area (Å²) in [4.78, 5) is 36.4. The van der Waals surface area contributed by atoms with E-state index < -0.39 is 18.8 Å². The Hall–Kier alpha value is -0.801. The van der Waals surface area contributed by atoms with Crippen LogP contribution >= 0.6 is 0 Å². The van der Waals surface area contributed by atoms with Crippen LogP contribution in [-0.2, 0) is 25.6 Å². The SMILES string of the molecule is C=C(C)C(=O)OC(C)OC=O.[CH]12[CH]3[CH]4[CH]5[CH]1[Fe]23451678[CH]2[CH]1[CH]6[CH]7[CH]28. The summed E-state index contributed by atoms with van der Waals surface area (Å²) in [5.74, 6) is -0.570. The van der Waals surface area contributed by atoms with Gasteiger partial charge in [-0.1, -0.05) is 6.58 Å². The number of carbonyl (C=O) groups excluding carboxylic acids is 2. The van der Waals surface area contributed by atoms with Gasteiger partial charge in [0.25, 0.3) is 6.47 Å². The Morgan fingerprint density at radius 2 is 1.36 bits per heavy atom. The molecule has 10 rings (SSSR count). The number of hydrogen-bond acceptors (Lipinski definition) is 4. The van der Waals surface area contributed by atoms with Crippen molar-refractivity contribution in [3.05, 3.63) is 12.2 Å². The van der Waals surface area contributed by atoms with Crippen LogP contribution in [0.3, 0.4) is 0 Å². The number of carbonyl (C=O) groups is 2. The summed E-state index contributed by atoms with van der Waals surface area (Å²) in [6.45, 7) is 4.23. The summed E-state index contributed by atoms with van der Waals surface area (Å²) >= 11 is 0. The van der Waals surface area contributed by atoms with Gasteiger partial charge in [0.05, 0.1) is 0 Å². The summed E-state index contributed by atoms with van der Waals surface area (Å²) in [7, 11) is 0. The second-order valence-electron chi connectivity index (χ2n) is 11.6. The van der Waals surface area contributed by atoms with Gasteiger partial charge in [0, 0.05) is 12.5 Å². The van der Waals surface area contributed by atoms with Crippen LogP contribution in [0, 0.1) is 0 Å². The van der Waals surface area contributed by atoms with Crippen molar-refractivity contribution in [3.63, 3.8) is 0 Å². The van der Waals surface area contributed by atoms with Gasteiger partial charge in [-0.15, -0.1) is 0 Å². The van der Waals surface area contributed by atoms with Gasteiger partial charge in [-0.25, -0.2) is 4.79 Å². The van der Waals surface area contributed by atoms with Gasteiger partial charge in [-0.3, -0.25) is 4.79 Å². The molecule has 120 valence electrons. The molecule has 10 heterocycles. The summed E-state index contributed by atoms with van der Waals surface area (Å²) in [5, 5.41) is 0. The van der Waals surface area contributed by atoms with Crippen molar-refractivity contribution in [1.82, 2.24) is 0 Å². The average molecular weight is 344 g/mol. The van der Waals surface area contributed by atoms with Gasteiger partial charge in [-0.05, 0) is 6.92 Å². The first-order valence-corrected chi connectivity index (χ1v) is 14.8. The third-order valence-electron chi connectivity index (χ3n) is 15.4. The molecule has 1 unspecified atom stereocenters. The van der Waals surface area contributed by atoms with Crippen molar-refractivity contribution in [2.75, 3.05) is 0 Å². The van der Waals surface area contributed by atoms with Crippen molar-refractivity contribution in [3.8, 4) is 0 Å². The molecule has 1 spiro atoms. The third kappa shape index (κ3) is 0.144. The minimum absolute atomic E-state index is 0.219. The average Bonchev–Trinajstić information content (AvgIpc) is 3.39. The van der Waals surface area contributed by atoms with E-state index in [0.29, 0.717) is 0 Å². The van der Waals surface area contributed by atoms with Crippen molar-refractivity contribution < 1.29 is 25.6 Å². The first-order valence-electron chi connectivity index (χ1n) is 8.41. The molecule has 4 nitrogen and oxygen atoms in total. The molecule has 0 N–H and O–H groups in total. The van der Waals surface area contributed by atoms with Crippen LogP contribution in [0.25, 0.3) is 0 Å². The molecule has 0 aliphatic carbocycles. The number of fused-ring (bicyclic) bond motifs is 10. The van der Waals surface area contributed by atoms with Gasteiger partial charge in [-0.2, -0.15) is 0 Å². The Balaban J connectivity index is 0.0000000818. The maximum absolute atomic E-state index is 10.7. The van der Waals surface area contributed by atoms with Crippen molar-refractivity contribution in [2.24, 2.45) is 0 Å². The summed E-state index contributed by atoms with van der Waals surface area (Å²) in [6.07, 6.45) is -0.850. The molecule has 0 radical (unpaired) electrons. The molecular weight excluding hydrogens is 324 g/mol. The molecule has 5 heteroatoms. The number of ether oxygens (including phenoxy) is 2.